The van der Waals surface area contributed by atoms with Crippen molar-refractivity contribution in [1.82, 2.24) is 24.3 Å². The lowest BCUT2D eigenvalue weighted by Crippen LogP contribution is -2.38. The Morgan fingerprint density at radius 1 is 1.09 bits per heavy atom. The molecule has 3 heterocycles. The van der Waals surface area contributed by atoms with Crippen molar-refractivity contribution in [3.63, 3.8) is 0 Å². The lowest BCUT2D eigenvalue weighted by atomic mass is 9.97. The molecule has 0 N–H and O–H groups in total. The van der Waals surface area contributed by atoms with Gasteiger partial charge in [-0.05, 0) is 42.0 Å². The molecule has 4 rings (SSSR count). The summed E-state index contributed by atoms with van der Waals surface area (Å²) in [7, 11) is 0. The second-order valence-electron chi connectivity index (χ2n) is 10.6. The Morgan fingerprint density at radius 3 is 2.38 bits per heavy atom. The zero-order valence-corrected chi connectivity index (χ0v) is 21.4. The highest BCUT2D eigenvalue weighted by Crippen LogP contribution is 2.30. The highest BCUT2D eigenvalue weighted by molar-refractivity contribution is 6.30. The number of hydrogen-bond acceptors (Lipinski definition) is 4. The van der Waals surface area contributed by atoms with Crippen LogP contribution in [0.15, 0.2) is 36.5 Å². The van der Waals surface area contributed by atoms with Crippen LogP contribution < -0.4 is 0 Å². The van der Waals surface area contributed by atoms with Gasteiger partial charge in [-0.15, -0.1) is 0 Å². The first-order chi connectivity index (χ1) is 15.9. The van der Waals surface area contributed by atoms with Gasteiger partial charge in [0.2, 0.25) is 0 Å². The molecule has 180 valence electrons. The summed E-state index contributed by atoms with van der Waals surface area (Å²) >= 11 is 6.02. The van der Waals surface area contributed by atoms with Crippen molar-refractivity contribution >= 4 is 34.6 Å². The maximum Gasteiger partial charge on any atom is 0.328 e. The van der Waals surface area contributed by atoms with E-state index in [1.54, 1.807) is 23.2 Å². The molecule has 1 saturated heterocycles. The lowest BCUT2D eigenvalue weighted by molar-refractivity contribution is -0.129. The summed E-state index contributed by atoms with van der Waals surface area (Å²) in [4.78, 5) is 39.1. The van der Waals surface area contributed by atoms with Crippen LogP contribution in [0.25, 0.3) is 11.0 Å². The summed E-state index contributed by atoms with van der Waals surface area (Å²) in [6.07, 6.45) is 1.80. The Hall–Kier alpha value is -2.93. The predicted molar refractivity (Wildman–Crippen MR) is 133 cm³/mol. The van der Waals surface area contributed by atoms with E-state index in [1.165, 1.54) is 4.90 Å². The first kappa shape index (κ1) is 24.2. The van der Waals surface area contributed by atoms with E-state index in [4.69, 9.17) is 11.6 Å². The SMILES string of the molecule is Cc1ncc2cc(CN3C(=O)[C@@H](C(C)C)N(Cc4ccc(Cl)cc4)C3=O)n(CC(C)(C)C)c2n1. The molecule has 0 aliphatic carbocycles. The lowest BCUT2D eigenvalue weighted by Gasteiger charge is -2.24. The smallest absolute Gasteiger partial charge is 0.327 e. The predicted octanol–water partition coefficient (Wildman–Crippen LogP) is 5.43. The molecule has 34 heavy (non-hydrogen) atoms. The fraction of sp³-hybridized carbons (Fsp3) is 0.462. The van der Waals surface area contributed by atoms with Crippen molar-refractivity contribution in [2.24, 2.45) is 11.3 Å². The van der Waals surface area contributed by atoms with Crippen LogP contribution in [0.1, 0.15) is 51.7 Å². The topological polar surface area (TPSA) is 71.3 Å². The molecule has 2 aromatic heterocycles. The first-order valence-corrected chi connectivity index (χ1v) is 12.0. The molecule has 3 amide bonds. The van der Waals surface area contributed by atoms with Crippen LogP contribution in [0.2, 0.25) is 5.02 Å². The number of urea groups is 1. The largest absolute Gasteiger partial charge is 0.328 e. The van der Waals surface area contributed by atoms with Gasteiger partial charge in [0.05, 0.1) is 6.54 Å². The van der Waals surface area contributed by atoms with E-state index in [9.17, 15) is 9.59 Å². The first-order valence-electron chi connectivity index (χ1n) is 11.6. The minimum atomic E-state index is -0.509. The van der Waals surface area contributed by atoms with Crippen molar-refractivity contribution in [2.45, 2.75) is 67.2 Å². The zero-order chi connectivity index (χ0) is 24.8. The van der Waals surface area contributed by atoms with Crippen LogP contribution in [0.3, 0.4) is 0 Å². The van der Waals surface area contributed by atoms with Gasteiger partial charge in [-0.1, -0.05) is 58.4 Å². The van der Waals surface area contributed by atoms with Crippen molar-refractivity contribution in [3.05, 3.63) is 58.6 Å². The molecular weight excluding hydrogens is 450 g/mol. The summed E-state index contributed by atoms with van der Waals surface area (Å²) in [6.45, 7) is 13.6. The molecule has 3 aromatic rings. The van der Waals surface area contributed by atoms with E-state index < -0.39 is 6.04 Å². The van der Waals surface area contributed by atoms with E-state index in [0.717, 1.165) is 22.3 Å². The molecule has 1 aromatic carbocycles. The summed E-state index contributed by atoms with van der Waals surface area (Å²) in [6, 6.07) is 8.60. The Balaban J connectivity index is 1.69. The molecule has 1 atom stereocenters. The minimum absolute atomic E-state index is 0.0114. The van der Waals surface area contributed by atoms with Gasteiger partial charge in [0.15, 0.2) is 0 Å². The number of benzene rings is 1. The van der Waals surface area contributed by atoms with Gasteiger partial charge >= 0.3 is 6.03 Å². The van der Waals surface area contributed by atoms with E-state index in [1.807, 2.05) is 39.0 Å². The van der Waals surface area contributed by atoms with Crippen molar-refractivity contribution in [1.29, 1.82) is 0 Å². The molecule has 1 fully saturated rings. The van der Waals surface area contributed by atoms with E-state index in [-0.39, 0.29) is 29.8 Å². The van der Waals surface area contributed by atoms with Gasteiger partial charge in [0.1, 0.15) is 17.5 Å². The fourth-order valence-electron chi connectivity index (χ4n) is 4.53. The van der Waals surface area contributed by atoms with Crippen LogP contribution in [0.4, 0.5) is 4.79 Å². The van der Waals surface area contributed by atoms with Crippen LogP contribution in [0, 0.1) is 18.3 Å². The van der Waals surface area contributed by atoms with Crippen molar-refractivity contribution in [3.8, 4) is 0 Å². The summed E-state index contributed by atoms with van der Waals surface area (Å²) in [5.74, 6) is 0.515. The Bertz CT molecular complexity index is 1230. The standard InChI is InChI=1S/C26H32ClN5O2/c1-16(2)22-24(33)31(25(34)30(22)13-18-7-9-20(27)10-8-18)14-21-11-19-12-28-17(3)29-23(19)32(21)15-26(4,5)6/h7-12,16,22H,13-15H2,1-6H3/t22-/m1/s1. The second kappa shape index (κ2) is 9.02. The number of imide groups is 1. The van der Waals surface area contributed by atoms with Crippen LogP contribution in [-0.2, 0) is 24.4 Å². The Labute approximate surface area is 205 Å². The number of rotatable bonds is 6. The molecular formula is C26H32ClN5O2. The van der Waals surface area contributed by atoms with Crippen LogP contribution in [0.5, 0.6) is 0 Å². The van der Waals surface area contributed by atoms with Crippen LogP contribution in [-0.4, -0.2) is 42.3 Å². The molecule has 1 aliphatic heterocycles. The van der Waals surface area contributed by atoms with Gasteiger partial charge in [-0.2, -0.15) is 0 Å². The number of amides is 3. The average Bonchev–Trinajstić information content (AvgIpc) is 3.18. The van der Waals surface area contributed by atoms with Crippen molar-refractivity contribution < 1.29 is 9.59 Å². The van der Waals surface area contributed by atoms with Gasteiger partial charge in [0, 0.05) is 35.4 Å². The Kier molecular flexibility index (Phi) is 6.42. The maximum absolute atomic E-state index is 13.5. The summed E-state index contributed by atoms with van der Waals surface area (Å²) in [5, 5.41) is 1.54. The van der Waals surface area contributed by atoms with Gasteiger partial charge < -0.3 is 9.47 Å². The van der Waals surface area contributed by atoms with Crippen LogP contribution >= 0.6 is 11.6 Å². The maximum atomic E-state index is 13.5. The quantitative estimate of drug-likeness (QED) is 0.440. The average molecular weight is 482 g/mol. The molecule has 1 aliphatic rings. The monoisotopic (exact) mass is 481 g/mol. The summed E-state index contributed by atoms with van der Waals surface area (Å²) in [5.41, 5.74) is 2.63. The fourth-order valence-corrected chi connectivity index (χ4v) is 4.65. The number of carbonyl (C=O) groups is 2. The molecule has 0 spiro atoms. The van der Waals surface area contributed by atoms with E-state index in [0.29, 0.717) is 23.9 Å². The highest BCUT2D eigenvalue weighted by Gasteiger charge is 2.46. The molecule has 0 bridgehead atoms. The molecule has 7 nitrogen and oxygen atoms in total. The number of nitrogens with zero attached hydrogens (tertiary/aromatic N) is 5. The molecule has 0 unspecified atom stereocenters. The molecule has 8 heteroatoms. The number of aromatic nitrogens is 3. The van der Waals surface area contributed by atoms with Gasteiger partial charge in [0.25, 0.3) is 5.91 Å². The zero-order valence-electron chi connectivity index (χ0n) is 20.7. The summed E-state index contributed by atoms with van der Waals surface area (Å²) < 4.78 is 2.12. The third-order valence-electron chi connectivity index (χ3n) is 6.02. The number of aryl methyl sites for hydroxylation is 1. The minimum Gasteiger partial charge on any atom is -0.327 e. The number of fused-ring (bicyclic) bond motifs is 1. The number of hydrogen-bond donors (Lipinski definition) is 0. The normalized spacial score (nSPS) is 17.0. The Morgan fingerprint density at radius 2 is 1.76 bits per heavy atom. The van der Waals surface area contributed by atoms with Crippen molar-refractivity contribution in [2.75, 3.05) is 0 Å². The number of carbonyl (C=O) groups excluding carboxylic acids is 2. The van der Waals surface area contributed by atoms with Gasteiger partial charge in [-0.25, -0.2) is 14.8 Å². The van der Waals surface area contributed by atoms with Gasteiger partial charge in [-0.3, -0.25) is 9.69 Å². The van der Waals surface area contributed by atoms with E-state index >= 15 is 0 Å². The molecule has 0 radical (unpaired) electrons. The van der Waals surface area contributed by atoms with E-state index in [2.05, 4.69) is 35.3 Å². The molecule has 0 saturated carbocycles. The third kappa shape index (κ3) is 4.80. The second-order valence-corrected chi connectivity index (χ2v) is 11.1. The third-order valence-corrected chi connectivity index (χ3v) is 6.27. The number of halogens is 1. The highest BCUT2D eigenvalue weighted by atomic mass is 35.5.